The number of piperazine rings is 1. The van der Waals surface area contributed by atoms with E-state index in [1.165, 1.54) is 0 Å². The summed E-state index contributed by atoms with van der Waals surface area (Å²) in [4.78, 5) is 0. The maximum absolute atomic E-state index is 3.59. The van der Waals surface area contributed by atoms with Gasteiger partial charge in [-0.05, 0) is 11.8 Å². The number of rotatable bonds is 2. The minimum absolute atomic E-state index is 0.667. The Morgan fingerprint density at radius 1 is 0.833 bits per heavy atom. The SMILES string of the molecule is CC(C)C1CNC(C(C)C)CN1. The Bertz CT molecular complexity index is 108. The molecule has 1 heterocycles. The zero-order valence-corrected chi connectivity index (χ0v) is 8.72. The highest BCUT2D eigenvalue weighted by Crippen LogP contribution is 2.08. The summed E-state index contributed by atoms with van der Waals surface area (Å²) < 4.78 is 0. The first-order valence-electron chi connectivity index (χ1n) is 5.08. The lowest BCUT2D eigenvalue weighted by Crippen LogP contribution is -2.57. The first kappa shape index (κ1) is 10.0. The van der Waals surface area contributed by atoms with Gasteiger partial charge >= 0.3 is 0 Å². The molecule has 2 unspecified atom stereocenters. The standard InChI is InChI=1S/C10H22N2/c1-7(2)9-5-12-10(6-11-9)8(3)4/h7-12H,5-6H2,1-4H3. The molecule has 0 amide bonds. The molecule has 1 fully saturated rings. The monoisotopic (exact) mass is 170 g/mol. The lowest BCUT2D eigenvalue weighted by atomic mass is 9.97. The largest absolute Gasteiger partial charge is 0.311 e. The van der Waals surface area contributed by atoms with Crippen LogP contribution in [0.25, 0.3) is 0 Å². The van der Waals surface area contributed by atoms with E-state index < -0.39 is 0 Å². The Labute approximate surface area is 76.1 Å². The van der Waals surface area contributed by atoms with E-state index in [9.17, 15) is 0 Å². The molecule has 0 spiro atoms. The fraction of sp³-hybridized carbons (Fsp3) is 1.00. The lowest BCUT2D eigenvalue weighted by Gasteiger charge is -2.35. The minimum atomic E-state index is 0.667. The van der Waals surface area contributed by atoms with Crippen LogP contribution in [0.5, 0.6) is 0 Å². The van der Waals surface area contributed by atoms with Crippen LogP contribution in [0, 0.1) is 11.8 Å². The average Bonchev–Trinajstić information content (AvgIpc) is 2.04. The molecule has 2 nitrogen and oxygen atoms in total. The van der Waals surface area contributed by atoms with Crippen molar-refractivity contribution in [3.8, 4) is 0 Å². The second kappa shape index (κ2) is 4.24. The van der Waals surface area contributed by atoms with Crippen molar-refractivity contribution in [3.63, 3.8) is 0 Å². The highest BCUT2D eigenvalue weighted by Gasteiger charge is 2.23. The third kappa shape index (κ3) is 2.46. The highest BCUT2D eigenvalue weighted by atomic mass is 15.1. The van der Waals surface area contributed by atoms with Gasteiger partial charge in [-0.2, -0.15) is 0 Å². The van der Waals surface area contributed by atoms with Crippen LogP contribution in [0.1, 0.15) is 27.7 Å². The Hall–Kier alpha value is -0.0800. The van der Waals surface area contributed by atoms with Crippen LogP contribution in [0.3, 0.4) is 0 Å². The summed E-state index contributed by atoms with van der Waals surface area (Å²) in [6, 6.07) is 1.33. The van der Waals surface area contributed by atoms with Crippen molar-refractivity contribution in [2.75, 3.05) is 13.1 Å². The van der Waals surface area contributed by atoms with Gasteiger partial charge in [0.15, 0.2) is 0 Å². The molecule has 0 aromatic rings. The van der Waals surface area contributed by atoms with Crippen LogP contribution in [-0.4, -0.2) is 25.2 Å². The summed E-state index contributed by atoms with van der Waals surface area (Å²) >= 11 is 0. The van der Waals surface area contributed by atoms with Crippen molar-refractivity contribution < 1.29 is 0 Å². The predicted molar refractivity (Wildman–Crippen MR) is 53.3 cm³/mol. The molecule has 2 heteroatoms. The molecule has 1 saturated heterocycles. The molecule has 1 rings (SSSR count). The van der Waals surface area contributed by atoms with Gasteiger partial charge in [-0.3, -0.25) is 0 Å². The van der Waals surface area contributed by atoms with Gasteiger partial charge in [0, 0.05) is 25.2 Å². The molecule has 2 N–H and O–H groups in total. The van der Waals surface area contributed by atoms with Crippen molar-refractivity contribution in [2.24, 2.45) is 11.8 Å². The van der Waals surface area contributed by atoms with Crippen molar-refractivity contribution in [1.82, 2.24) is 10.6 Å². The first-order chi connectivity index (χ1) is 5.61. The first-order valence-corrected chi connectivity index (χ1v) is 5.08. The van der Waals surface area contributed by atoms with E-state index in [1.807, 2.05) is 0 Å². The summed E-state index contributed by atoms with van der Waals surface area (Å²) in [5.74, 6) is 1.48. The van der Waals surface area contributed by atoms with Crippen molar-refractivity contribution in [3.05, 3.63) is 0 Å². The quantitative estimate of drug-likeness (QED) is 0.651. The minimum Gasteiger partial charge on any atom is -0.311 e. The van der Waals surface area contributed by atoms with Crippen LogP contribution in [0.2, 0.25) is 0 Å². The zero-order valence-electron chi connectivity index (χ0n) is 8.72. The highest BCUT2D eigenvalue weighted by molar-refractivity contribution is 4.85. The summed E-state index contributed by atoms with van der Waals surface area (Å²) in [5, 5.41) is 7.17. The van der Waals surface area contributed by atoms with E-state index in [1.54, 1.807) is 0 Å². The molecule has 0 aromatic heterocycles. The van der Waals surface area contributed by atoms with Crippen molar-refractivity contribution in [2.45, 2.75) is 39.8 Å². The smallest absolute Gasteiger partial charge is 0.0216 e. The van der Waals surface area contributed by atoms with Gasteiger partial charge in [-0.1, -0.05) is 27.7 Å². The van der Waals surface area contributed by atoms with Gasteiger partial charge < -0.3 is 10.6 Å². The Morgan fingerprint density at radius 2 is 1.17 bits per heavy atom. The maximum atomic E-state index is 3.59. The van der Waals surface area contributed by atoms with Gasteiger partial charge in [0.25, 0.3) is 0 Å². The van der Waals surface area contributed by atoms with E-state index in [2.05, 4.69) is 38.3 Å². The molecule has 0 aromatic carbocycles. The zero-order chi connectivity index (χ0) is 9.14. The Kier molecular flexibility index (Phi) is 3.53. The van der Waals surface area contributed by atoms with E-state index >= 15 is 0 Å². The summed E-state index contributed by atoms with van der Waals surface area (Å²) in [5.41, 5.74) is 0. The normalized spacial score (nSPS) is 31.5. The predicted octanol–water partition coefficient (Wildman–Crippen LogP) is 1.23. The number of nitrogens with one attached hydrogen (secondary N) is 2. The van der Waals surface area contributed by atoms with Crippen LogP contribution in [0.15, 0.2) is 0 Å². The summed E-state index contributed by atoms with van der Waals surface area (Å²) in [6.07, 6.45) is 0. The van der Waals surface area contributed by atoms with Crippen molar-refractivity contribution in [1.29, 1.82) is 0 Å². The van der Waals surface area contributed by atoms with Gasteiger partial charge in [0.2, 0.25) is 0 Å². The molecule has 72 valence electrons. The van der Waals surface area contributed by atoms with Gasteiger partial charge in [-0.25, -0.2) is 0 Å². The fourth-order valence-electron chi connectivity index (χ4n) is 1.64. The molecule has 1 aliphatic rings. The van der Waals surface area contributed by atoms with Crippen LogP contribution >= 0.6 is 0 Å². The lowest BCUT2D eigenvalue weighted by molar-refractivity contribution is 0.259. The summed E-state index contributed by atoms with van der Waals surface area (Å²) in [7, 11) is 0. The molecular formula is C10H22N2. The number of hydrogen-bond acceptors (Lipinski definition) is 2. The molecule has 0 radical (unpaired) electrons. The summed E-state index contributed by atoms with van der Waals surface area (Å²) in [6.45, 7) is 11.3. The maximum Gasteiger partial charge on any atom is 0.0216 e. The molecule has 12 heavy (non-hydrogen) atoms. The van der Waals surface area contributed by atoms with Gasteiger partial charge in [0.05, 0.1) is 0 Å². The third-order valence-electron chi connectivity index (χ3n) is 2.81. The van der Waals surface area contributed by atoms with Crippen molar-refractivity contribution >= 4 is 0 Å². The van der Waals surface area contributed by atoms with E-state index in [0.29, 0.717) is 12.1 Å². The second-order valence-electron chi connectivity index (χ2n) is 4.52. The molecule has 0 saturated carbocycles. The Balaban J connectivity index is 2.30. The molecule has 0 bridgehead atoms. The van der Waals surface area contributed by atoms with Crippen LogP contribution in [-0.2, 0) is 0 Å². The molecular weight excluding hydrogens is 148 g/mol. The molecule has 0 aliphatic carbocycles. The second-order valence-corrected chi connectivity index (χ2v) is 4.52. The topological polar surface area (TPSA) is 24.1 Å². The molecule has 1 aliphatic heterocycles. The molecule has 2 atom stereocenters. The van der Waals surface area contributed by atoms with Crippen LogP contribution < -0.4 is 10.6 Å². The van der Waals surface area contributed by atoms with Gasteiger partial charge in [0.1, 0.15) is 0 Å². The van der Waals surface area contributed by atoms with E-state index in [-0.39, 0.29) is 0 Å². The van der Waals surface area contributed by atoms with Crippen LogP contribution in [0.4, 0.5) is 0 Å². The van der Waals surface area contributed by atoms with E-state index in [0.717, 1.165) is 24.9 Å². The Morgan fingerprint density at radius 3 is 1.33 bits per heavy atom. The van der Waals surface area contributed by atoms with Gasteiger partial charge in [-0.15, -0.1) is 0 Å². The fourth-order valence-corrected chi connectivity index (χ4v) is 1.64. The third-order valence-corrected chi connectivity index (χ3v) is 2.81. The number of hydrogen-bond donors (Lipinski definition) is 2. The average molecular weight is 170 g/mol. The van der Waals surface area contributed by atoms with E-state index in [4.69, 9.17) is 0 Å².